The lowest BCUT2D eigenvalue weighted by atomic mass is 10.1. The molecule has 0 atom stereocenters. The third-order valence-corrected chi connectivity index (χ3v) is 1.77. The maximum atomic E-state index is 8.81. The van der Waals surface area contributed by atoms with E-state index in [4.69, 9.17) is 5.26 Å². The van der Waals surface area contributed by atoms with Crippen molar-refractivity contribution < 1.29 is 0 Å². The Labute approximate surface area is 81.7 Å². The summed E-state index contributed by atoms with van der Waals surface area (Å²) in [4.78, 5) is 8.03. The number of hydrogen-bond acceptors (Lipinski definition) is 3. The molecule has 2 aromatic rings. The molecule has 0 aliphatic heterocycles. The first kappa shape index (κ1) is 8.39. The van der Waals surface area contributed by atoms with Crippen molar-refractivity contribution in [3.63, 3.8) is 0 Å². The van der Waals surface area contributed by atoms with Gasteiger partial charge in [0.15, 0.2) is 5.69 Å². The van der Waals surface area contributed by atoms with Gasteiger partial charge < -0.3 is 0 Å². The summed E-state index contributed by atoms with van der Waals surface area (Å²) >= 11 is 0. The quantitative estimate of drug-likeness (QED) is 0.672. The van der Waals surface area contributed by atoms with Gasteiger partial charge in [-0.25, -0.2) is 4.98 Å². The molecule has 0 unspecified atom stereocenters. The molecule has 0 aliphatic rings. The van der Waals surface area contributed by atoms with Crippen LogP contribution >= 0.6 is 0 Å². The van der Waals surface area contributed by atoms with E-state index in [1.165, 1.54) is 6.20 Å². The van der Waals surface area contributed by atoms with E-state index >= 15 is 0 Å². The molecule has 1 aromatic carbocycles. The minimum absolute atomic E-state index is 0.329. The highest BCUT2D eigenvalue weighted by Gasteiger charge is 2.05. The van der Waals surface area contributed by atoms with Crippen LogP contribution in [0, 0.1) is 17.4 Å². The zero-order valence-electron chi connectivity index (χ0n) is 7.31. The van der Waals surface area contributed by atoms with Gasteiger partial charge in [0.2, 0.25) is 0 Å². The first-order chi connectivity index (χ1) is 6.92. The van der Waals surface area contributed by atoms with Crippen molar-refractivity contribution in [2.24, 2.45) is 0 Å². The Bertz CT molecular complexity index is 471. The predicted molar refractivity (Wildman–Crippen MR) is 51.0 cm³/mol. The summed E-state index contributed by atoms with van der Waals surface area (Å²) in [6.45, 7) is 0. The minimum atomic E-state index is 0.329. The highest BCUT2D eigenvalue weighted by atomic mass is 14.8. The van der Waals surface area contributed by atoms with E-state index in [0.717, 1.165) is 5.56 Å². The van der Waals surface area contributed by atoms with Gasteiger partial charge in [-0.2, -0.15) is 5.26 Å². The number of nitriles is 1. The maximum absolute atomic E-state index is 8.81. The van der Waals surface area contributed by atoms with E-state index in [9.17, 15) is 0 Å². The Hall–Kier alpha value is -2.21. The SMILES string of the molecule is N#Cc1nccnc1-c1[c]cccc1. The molecule has 0 spiro atoms. The second kappa shape index (κ2) is 3.67. The van der Waals surface area contributed by atoms with Crippen molar-refractivity contribution in [3.8, 4) is 17.3 Å². The van der Waals surface area contributed by atoms with Crippen LogP contribution in [0.3, 0.4) is 0 Å². The molecule has 0 saturated carbocycles. The molecule has 14 heavy (non-hydrogen) atoms. The van der Waals surface area contributed by atoms with Crippen LogP contribution in [0.5, 0.6) is 0 Å². The van der Waals surface area contributed by atoms with Gasteiger partial charge in [-0.15, -0.1) is 0 Å². The van der Waals surface area contributed by atoms with Crippen LogP contribution in [0.15, 0.2) is 36.7 Å². The minimum Gasteiger partial charge on any atom is -0.252 e. The number of rotatable bonds is 1. The topological polar surface area (TPSA) is 49.6 Å². The van der Waals surface area contributed by atoms with E-state index < -0.39 is 0 Å². The van der Waals surface area contributed by atoms with Crippen LogP contribution in [0.2, 0.25) is 0 Å². The Kier molecular flexibility index (Phi) is 2.20. The molecule has 3 heteroatoms. The lowest BCUT2D eigenvalue weighted by Gasteiger charge is -1.99. The molecule has 0 saturated heterocycles. The summed E-state index contributed by atoms with van der Waals surface area (Å²) < 4.78 is 0. The average Bonchev–Trinajstić information content (AvgIpc) is 2.30. The maximum Gasteiger partial charge on any atom is 0.166 e. The van der Waals surface area contributed by atoms with Gasteiger partial charge in [0.1, 0.15) is 11.8 Å². The molecular formula is C11H6N3. The van der Waals surface area contributed by atoms with Crippen LogP contribution in [-0.4, -0.2) is 9.97 Å². The second-order valence-corrected chi connectivity index (χ2v) is 2.64. The van der Waals surface area contributed by atoms with Crippen molar-refractivity contribution >= 4 is 0 Å². The summed E-state index contributed by atoms with van der Waals surface area (Å²) in [5.74, 6) is 0. The molecule has 1 heterocycles. The van der Waals surface area contributed by atoms with Gasteiger partial charge in [-0.1, -0.05) is 24.3 Å². The first-order valence-corrected chi connectivity index (χ1v) is 4.10. The third kappa shape index (κ3) is 1.46. The molecule has 0 bridgehead atoms. The molecule has 1 radical (unpaired) electrons. The highest BCUT2D eigenvalue weighted by Crippen LogP contribution is 2.17. The first-order valence-electron chi connectivity index (χ1n) is 4.10. The van der Waals surface area contributed by atoms with Crippen LogP contribution < -0.4 is 0 Å². The van der Waals surface area contributed by atoms with Crippen molar-refractivity contribution in [1.82, 2.24) is 9.97 Å². The molecule has 0 fully saturated rings. The number of hydrogen-bond donors (Lipinski definition) is 0. The van der Waals surface area contributed by atoms with E-state index in [2.05, 4.69) is 16.0 Å². The van der Waals surface area contributed by atoms with Crippen molar-refractivity contribution in [2.45, 2.75) is 0 Å². The van der Waals surface area contributed by atoms with Crippen molar-refractivity contribution in [1.29, 1.82) is 5.26 Å². The molecule has 1 aromatic heterocycles. The van der Waals surface area contributed by atoms with Crippen LogP contribution in [0.25, 0.3) is 11.3 Å². The van der Waals surface area contributed by atoms with Gasteiger partial charge in [0, 0.05) is 18.0 Å². The normalized spacial score (nSPS) is 9.36. The highest BCUT2D eigenvalue weighted by molar-refractivity contribution is 5.63. The fourth-order valence-corrected chi connectivity index (χ4v) is 1.16. The summed E-state index contributed by atoms with van der Waals surface area (Å²) in [6.07, 6.45) is 3.07. The zero-order valence-corrected chi connectivity index (χ0v) is 7.31. The van der Waals surface area contributed by atoms with Gasteiger partial charge in [-0.05, 0) is 6.07 Å². The standard InChI is InChI=1S/C11H6N3/c12-8-10-11(14-7-6-13-10)9-4-2-1-3-5-9/h1-4,6-7H. The Morgan fingerprint density at radius 3 is 2.79 bits per heavy atom. The lowest BCUT2D eigenvalue weighted by Crippen LogP contribution is -1.91. The van der Waals surface area contributed by atoms with Crippen LogP contribution in [0.4, 0.5) is 0 Å². The van der Waals surface area contributed by atoms with Gasteiger partial charge in [0.25, 0.3) is 0 Å². The largest absolute Gasteiger partial charge is 0.252 e. The van der Waals surface area contributed by atoms with E-state index in [0.29, 0.717) is 11.4 Å². The second-order valence-electron chi connectivity index (χ2n) is 2.64. The number of nitrogens with zero attached hydrogens (tertiary/aromatic N) is 3. The molecule has 65 valence electrons. The molecular weight excluding hydrogens is 174 g/mol. The van der Waals surface area contributed by atoms with Crippen molar-refractivity contribution in [2.75, 3.05) is 0 Å². The Balaban J connectivity index is 2.58. The summed E-state index contributed by atoms with van der Waals surface area (Å²) in [7, 11) is 0. The van der Waals surface area contributed by atoms with E-state index in [-0.39, 0.29) is 0 Å². The third-order valence-electron chi connectivity index (χ3n) is 1.77. The fraction of sp³-hybridized carbons (Fsp3) is 0. The van der Waals surface area contributed by atoms with Gasteiger partial charge in [0.05, 0.1) is 0 Å². The molecule has 0 aliphatic carbocycles. The summed E-state index contributed by atoms with van der Waals surface area (Å²) in [5, 5.41) is 8.81. The fourth-order valence-electron chi connectivity index (χ4n) is 1.16. The lowest BCUT2D eigenvalue weighted by molar-refractivity contribution is 1.17. The number of benzene rings is 1. The zero-order chi connectivity index (χ0) is 9.80. The number of aromatic nitrogens is 2. The summed E-state index contributed by atoms with van der Waals surface area (Å²) in [6, 6.07) is 12.4. The van der Waals surface area contributed by atoms with Crippen LogP contribution in [-0.2, 0) is 0 Å². The molecule has 0 amide bonds. The molecule has 3 nitrogen and oxygen atoms in total. The smallest absolute Gasteiger partial charge is 0.166 e. The average molecular weight is 180 g/mol. The summed E-state index contributed by atoms with van der Waals surface area (Å²) in [5.41, 5.74) is 1.70. The van der Waals surface area contributed by atoms with Crippen LogP contribution in [0.1, 0.15) is 5.69 Å². The monoisotopic (exact) mass is 180 g/mol. The Morgan fingerprint density at radius 1 is 1.21 bits per heavy atom. The molecule has 2 rings (SSSR count). The van der Waals surface area contributed by atoms with Crippen molar-refractivity contribution in [3.05, 3.63) is 48.4 Å². The van der Waals surface area contributed by atoms with E-state index in [1.54, 1.807) is 12.3 Å². The van der Waals surface area contributed by atoms with E-state index in [1.807, 2.05) is 24.3 Å². The van der Waals surface area contributed by atoms with Gasteiger partial charge >= 0.3 is 0 Å². The van der Waals surface area contributed by atoms with Gasteiger partial charge in [-0.3, -0.25) is 4.98 Å². The molecule has 0 N–H and O–H groups in total. The Morgan fingerprint density at radius 2 is 2.07 bits per heavy atom. The predicted octanol–water partition coefficient (Wildman–Crippen LogP) is 1.82.